The van der Waals surface area contributed by atoms with Crippen LogP contribution in [-0.4, -0.2) is 31.6 Å². The number of thioether (sulfide) groups is 1. The lowest BCUT2D eigenvalue weighted by Crippen LogP contribution is -2.17. The molecule has 0 atom stereocenters. The molecule has 0 saturated carbocycles. The number of carboxylic acid groups (broad SMARTS) is 1. The second-order valence-corrected chi connectivity index (χ2v) is 5.33. The van der Waals surface area contributed by atoms with Gasteiger partial charge in [0.15, 0.2) is 0 Å². The van der Waals surface area contributed by atoms with E-state index in [-0.39, 0.29) is 5.24 Å². The van der Waals surface area contributed by atoms with Crippen molar-refractivity contribution >= 4 is 40.6 Å². The number of carbonyl (C=O) groups is 3. The van der Waals surface area contributed by atoms with Gasteiger partial charge in [-0.1, -0.05) is 0 Å². The number of nitrogens with one attached hydrogen (secondary N) is 1. The fourth-order valence-electron chi connectivity index (χ4n) is 1.74. The Morgan fingerprint density at radius 3 is 2.74 bits per heavy atom. The molecule has 1 aliphatic heterocycles. The number of aliphatic carboxylic acids is 1. The molecule has 3 rings (SSSR count). The summed E-state index contributed by atoms with van der Waals surface area (Å²) in [6, 6.07) is 5.54. The summed E-state index contributed by atoms with van der Waals surface area (Å²) >= 11 is 0.858. The Bertz CT molecular complexity index is 875. The Morgan fingerprint density at radius 1 is 1.48 bits per heavy atom. The highest BCUT2D eigenvalue weighted by Gasteiger charge is 2.24. The summed E-state index contributed by atoms with van der Waals surface area (Å²) in [4.78, 5) is 35.9. The number of aromatic nitrogens is 2. The standard InChI is InChI=1S/C12H6N4O2S.C2H4O2/c13-4-8-5-14-10-2-1-7(6-16(8)10)3-9-11(17)15-12(18)19-9;1-2(3)4/h1-3,5-6H,(H,15,17,18);1H3,(H,3,4)/b9-3-;. The highest BCUT2D eigenvalue weighted by atomic mass is 32.2. The maximum atomic E-state index is 11.4. The zero-order chi connectivity index (χ0) is 17.0. The topological polar surface area (TPSA) is 125 Å². The second kappa shape index (κ2) is 6.76. The normalized spacial score (nSPS) is 15.0. The van der Waals surface area contributed by atoms with Crippen LogP contribution in [0.4, 0.5) is 4.79 Å². The van der Waals surface area contributed by atoms with Gasteiger partial charge >= 0.3 is 0 Å². The highest BCUT2D eigenvalue weighted by Crippen LogP contribution is 2.25. The summed E-state index contributed by atoms with van der Waals surface area (Å²) in [5.74, 6) is -1.23. The molecule has 2 amide bonds. The Kier molecular flexibility index (Phi) is 4.78. The fraction of sp³-hybridized carbons (Fsp3) is 0.0714. The molecule has 2 N–H and O–H groups in total. The van der Waals surface area contributed by atoms with Crippen LogP contribution in [-0.2, 0) is 9.59 Å². The van der Waals surface area contributed by atoms with Gasteiger partial charge in [-0.15, -0.1) is 0 Å². The van der Waals surface area contributed by atoms with E-state index in [1.54, 1.807) is 28.8 Å². The first-order chi connectivity index (χ1) is 10.9. The average molecular weight is 330 g/mol. The zero-order valence-corrected chi connectivity index (χ0v) is 12.6. The highest BCUT2D eigenvalue weighted by molar-refractivity contribution is 8.18. The number of pyridine rings is 1. The van der Waals surface area contributed by atoms with E-state index >= 15 is 0 Å². The summed E-state index contributed by atoms with van der Waals surface area (Å²) < 4.78 is 1.63. The van der Waals surface area contributed by atoms with E-state index in [1.165, 1.54) is 6.20 Å². The van der Waals surface area contributed by atoms with Crippen LogP contribution in [0.25, 0.3) is 11.7 Å². The van der Waals surface area contributed by atoms with Crippen molar-refractivity contribution in [3.8, 4) is 6.07 Å². The number of hydrogen-bond acceptors (Lipinski definition) is 6. The Labute approximate surface area is 134 Å². The average Bonchev–Trinajstić information content (AvgIpc) is 3.01. The lowest BCUT2D eigenvalue weighted by atomic mass is 10.2. The molecule has 1 saturated heterocycles. The largest absolute Gasteiger partial charge is 0.481 e. The third-order valence-corrected chi connectivity index (χ3v) is 3.39. The van der Waals surface area contributed by atoms with Crippen LogP contribution in [0.5, 0.6) is 0 Å². The van der Waals surface area contributed by atoms with Crippen molar-refractivity contribution in [1.29, 1.82) is 5.26 Å². The van der Waals surface area contributed by atoms with E-state index in [1.807, 2.05) is 6.07 Å². The molecular formula is C14H10N4O4S. The number of fused-ring (bicyclic) bond motifs is 1. The molecule has 0 radical (unpaired) electrons. The summed E-state index contributed by atoms with van der Waals surface area (Å²) in [7, 11) is 0. The van der Waals surface area contributed by atoms with Crippen LogP contribution >= 0.6 is 11.8 Å². The van der Waals surface area contributed by atoms with E-state index < -0.39 is 11.9 Å². The van der Waals surface area contributed by atoms with E-state index in [0.717, 1.165) is 18.7 Å². The molecule has 1 aliphatic rings. The summed E-state index contributed by atoms with van der Waals surface area (Å²) in [5.41, 5.74) is 1.78. The predicted octanol–water partition coefficient (Wildman–Crippen LogP) is 1.62. The summed E-state index contributed by atoms with van der Waals surface area (Å²) in [6.45, 7) is 1.08. The molecule has 8 nitrogen and oxygen atoms in total. The van der Waals surface area contributed by atoms with E-state index in [9.17, 15) is 9.59 Å². The van der Waals surface area contributed by atoms with E-state index in [2.05, 4.69) is 10.3 Å². The molecule has 9 heteroatoms. The number of amides is 2. The summed E-state index contributed by atoms with van der Waals surface area (Å²) in [5, 5.41) is 18.2. The minimum atomic E-state index is -0.833. The molecule has 0 bridgehead atoms. The molecular weight excluding hydrogens is 320 g/mol. The number of nitriles is 1. The molecule has 23 heavy (non-hydrogen) atoms. The number of hydrogen-bond donors (Lipinski definition) is 2. The van der Waals surface area contributed by atoms with Crippen molar-refractivity contribution < 1.29 is 19.5 Å². The van der Waals surface area contributed by atoms with Crippen LogP contribution in [0.3, 0.4) is 0 Å². The van der Waals surface area contributed by atoms with Gasteiger partial charge in [0.25, 0.3) is 17.1 Å². The van der Waals surface area contributed by atoms with Gasteiger partial charge in [0, 0.05) is 13.1 Å². The maximum absolute atomic E-state index is 11.4. The first kappa shape index (κ1) is 16.3. The smallest absolute Gasteiger partial charge is 0.300 e. The lowest BCUT2D eigenvalue weighted by molar-refractivity contribution is -0.134. The fourth-order valence-corrected chi connectivity index (χ4v) is 2.42. The van der Waals surface area contributed by atoms with Gasteiger partial charge in [0.2, 0.25) is 0 Å². The number of nitrogens with zero attached hydrogens (tertiary/aromatic N) is 3. The Hall–Kier alpha value is -3.12. The van der Waals surface area contributed by atoms with Gasteiger partial charge in [-0.25, -0.2) is 4.98 Å². The molecule has 116 valence electrons. The molecule has 3 heterocycles. The van der Waals surface area contributed by atoms with Crippen molar-refractivity contribution in [3.05, 3.63) is 40.7 Å². The SMILES string of the molecule is CC(=O)O.N#Cc1cnc2ccc(/C=C3\SC(=O)NC3=O)cn12. The van der Waals surface area contributed by atoms with Crippen molar-refractivity contribution in [1.82, 2.24) is 14.7 Å². The first-order valence-electron chi connectivity index (χ1n) is 6.22. The molecule has 1 fully saturated rings. The van der Waals surface area contributed by atoms with Crippen LogP contribution in [0.1, 0.15) is 18.2 Å². The quantitative estimate of drug-likeness (QED) is 0.761. The van der Waals surface area contributed by atoms with E-state index in [4.69, 9.17) is 15.2 Å². The van der Waals surface area contributed by atoms with Crippen LogP contribution in [0, 0.1) is 11.3 Å². The molecule has 2 aromatic rings. The molecule has 0 unspecified atom stereocenters. The Morgan fingerprint density at radius 2 is 2.17 bits per heavy atom. The number of rotatable bonds is 1. The van der Waals surface area contributed by atoms with Crippen molar-refractivity contribution in [3.63, 3.8) is 0 Å². The Balaban J connectivity index is 0.000000433. The predicted molar refractivity (Wildman–Crippen MR) is 82.3 cm³/mol. The minimum Gasteiger partial charge on any atom is -0.481 e. The molecule has 2 aromatic heterocycles. The van der Waals surface area contributed by atoms with Gasteiger partial charge < -0.3 is 5.11 Å². The second-order valence-electron chi connectivity index (χ2n) is 4.32. The van der Waals surface area contributed by atoms with Crippen LogP contribution < -0.4 is 5.32 Å². The van der Waals surface area contributed by atoms with Gasteiger partial charge in [0.1, 0.15) is 17.4 Å². The molecule has 0 spiro atoms. The van der Waals surface area contributed by atoms with Crippen molar-refractivity contribution in [2.75, 3.05) is 0 Å². The van der Waals surface area contributed by atoms with Gasteiger partial charge in [0.05, 0.1) is 11.1 Å². The molecule has 0 aliphatic carbocycles. The van der Waals surface area contributed by atoms with Crippen molar-refractivity contribution in [2.24, 2.45) is 0 Å². The summed E-state index contributed by atoms with van der Waals surface area (Å²) in [6.07, 6.45) is 4.78. The number of imide groups is 1. The monoisotopic (exact) mass is 330 g/mol. The van der Waals surface area contributed by atoms with Gasteiger partial charge in [-0.2, -0.15) is 5.26 Å². The number of carboxylic acids is 1. The zero-order valence-electron chi connectivity index (χ0n) is 11.8. The van der Waals surface area contributed by atoms with Gasteiger partial charge in [-0.05, 0) is 35.5 Å². The third-order valence-electron chi connectivity index (χ3n) is 2.58. The first-order valence-corrected chi connectivity index (χ1v) is 7.04. The third kappa shape index (κ3) is 3.96. The molecule has 0 aromatic carbocycles. The number of carbonyl (C=O) groups excluding carboxylic acids is 2. The van der Waals surface area contributed by atoms with Gasteiger partial charge in [-0.3, -0.25) is 24.1 Å². The van der Waals surface area contributed by atoms with Crippen molar-refractivity contribution in [2.45, 2.75) is 6.92 Å². The number of imidazole rings is 1. The van der Waals surface area contributed by atoms with Crippen LogP contribution in [0.15, 0.2) is 29.4 Å². The maximum Gasteiger partial charge on any atom is 0.300 e. The minimum absolute atomic E-state index is 0.336. The lowest BCUT2D eigenvalue weighted by Gasteiger charge is -1.98. The van der Waals surface area contributed by atoms with Crippen LogP contribution in [0.2, 0.25) is 0 Å². The van der Waals surface area contributed by atoms with E-state index in [0.29, 0.717) is 21.8 Å².